The molecule has 0 amide bonds. The first-order valence-corrected chi connectivity index (χ1v) is 8.80. The Morgan fingerprint density at radius 1 is 1.19 bits per heavy atom. The average Bonchev–Trinajstić information content (AvgIpc) is 2.84. The Labute approximate surface area is 130 Å². The van der Waals surface area contributed by atoms with E-state index in [0.29, 0.717) is 13.2 Å². The van der Waals surface area contributed by atoms with Crippen LogP contribution in [0.5, 0.6) is 0 Å². The molecule has 5 heteroatoms. The SMILES string of the molecule is CC(C)(C)[SiH2]OC(C)(C)c1ccnc(C2(C)OCCO2)c1. The molecule has 0 unspecified atom stereocenters. The molecular formula is C16H27NO3Si. The molecule has 1 aliphatic heterocycles. The van der Waals surface area contributed by atoms with Crippen LogP contribution in [0.2, 0.25) is 5.04 Å². The fraction of sp³-hybridized carbons (Fsp3) is 0.688. The lowest BCUT2D eigenvalue weighted by Crippen LogP contribution is -2.29. The summed E-state index contributed by atoms with van der Waals surface area (Å²) in [6.07, 6.45) is 1.81. The molecule has 0 saturated carbocycles. The number of nitrogens with zero attached hydrogens (tertiary/aromatic N) is 1. The largest absolute Gasteiger partial charge is 0.415 e. The summed E-state index contributed by atoms with van der Waals surface area (Å²) in [7, 11) is -0.626. The molecule has 4 nitrogen and oxygen atoms in total. The molecule has 1 saturated heterocycles. The van der Waals surface area contributed by atoms with Crippen molar-refractivity contribution < 1.29 is 13.9 Å². The van der Waals surface area contributed by atoms with Gasteiger partial charge in [0, 0.05) is 6.20 Å². The van der Waals surface area contributed by atoms with Crippen LogP contribution < -0.4 is 0 Å². The van der Waals surface area contributed by atoms with Gasteiger partial charge in [0.2, 0.25) is 5.79 Å². The van der Waals surface area contributed by atoms with Crippen molar-refractivity contribution in [3.63, 3.8) is 0 Å². The van der Waals surface area contributed by atoms with E-state index in [0.717, 1.165) is 11.3 Å². The smallest absolute Gasteiger partial charge is 0.209 e. The van der Waals surface area contributed by atoms with Gasteiger partial charge in [0.1, 0.15) is 0 Å². The summed E-state index contributed by atoms with van der Waals surface area (Å²) < 4.78 is 17.6. The number of hydrogen-bond acceptors (Lipinski definition) is 4. The van der Waals surface area contributed by atoms with Crippen LogP contribution in [0.25, 0.3) is 0 Å². The molecule has 1 fully saturated rings. The zero-order valence-electron chi connectivity index (χ0n) is 14.0. The van der Waals surface area contributed by atoms with E-state index in [2.05, 4.69) is 39.6 Å². The zero-order valence-corrected chi connectivity index (χ0v) is 15.4. The zero-order chi connectivity index (χ0) is 15.7. The van der Waals surface area contributed by atoms with Gasteiger partial charge in [-0.05, 0) is 43.5 Å². The number of rotatable bonds is 4. The van der Waals surface area contributed by atoms with Crippen molar-refractivity contribution in [2.24, 2.45) is 0 Å². The predicted octanol–water partition coefficient (Wildman–Crippen LogP) is 2.86. The molecule has 2 heterocycles. The molecule has 1 aromatic rings. The monoisotopic (exact) mass is 309 g/mol. The van der Waals surface area contributed by atoms with Gasteiger partial charge in [0.05, 0.1) is 24.5 Å². The summed E-state index contributed by atoms with van der Waals surface area (Å²) in [5, 5.41) is 0.275. The Morgan fingerprint density at radius 3 is 2.38 bits per heavy atom. The molecule has 0 radical (unpaired) electrons. The van der Waals surface area contributed by atoms with E-state index in [9.17, 15) is 0 Å². The van der Waals surface area contributed by atoms with Gasteiger partial charge in [-0.15, -0.1) is 0 Å². The van der Waals surface area contributed by atoms with E-state index >= 15 is 0 Å². The Kier molecular flexibility index (Phi) is 4.59. The minimum absolute atomic E-state index is 0.275. The highest BCUT2D eigenvalue weighted by atomic mass is 28.2. The van der Waals surface area contributed by atoms with Crippen molar-refractivity contribution in [1.82, 2.24) is 4.98 Å². The van der Waals surface area contributed by atoms with Crippen molar-refractivity contribution >= 4 is 9.76 Å². The highest BCUT2D eigenvalue weighted by Gasteiger charge is 2.36. The van der Waals surface area contributed by atoms with Gasteiger partial charge in [-0.3, -0.25) is 4.98 Å². The fourth-order valence-corrected chi connectivity index (χ4v) is 3.16. The Balaban J connectivity index is 2.20. The molecule has 21 heavy (non-hydrogen) atoms. The number of hydrogen-bond donors (Lipinski definition) is 0. The maximum atomic E-state index is 6.26. The molecule has 1 aliphatic rings. The van der Waals surface area contributed by atoms with Gasteiger partial charge < -0.3 is 13.9 Å². The van der Waals surface area contributed by atoms with Crippen molar-refractivity contribution in [2.45, 2.75) is 58.0 Å². The Hall–Kier alpha value is -0.753. The average molecular weight is 309 g/mol. The molecule has 0 bridgehead atoms. The lowest BCUT2D eigenvalue weighted by Gasteiger charge is -2.31. The number of aromatic nitrogens is 1. The minimum Gasteiger partial charge on any atom is -0.415 e. The topological polar surface area (TPSA) is 40.6 Å². The molecule has 0 N–H and O–H groups in total. The van der Waals surface area contributed by atoms with Gasteiger partial charge >= 0.3 is 0 Å². The van der Waals surface area contributed by atoms with Gasteiger partial charge in [0.15, 0.2) is 9.76 Å². The molecule has 0 atom stereocenters. The number of pyridine rings is 1. The van der Waals surface area contributed by atoms with Gasteiger partial charge in [-0.2, -0.15) is 0 Å². The molecule has 0 spiro atoms. The van der Waals surface area contributed by atoms with Crippen LogP contribution in [0.1, 0.15) is 52.8 Å². The van der Waals surface area contributed by atoms with Crippen molar-refractivity contribution in [3.05, 3.63) is 29.6 Å². The minimum atomic E-state index is -0.729. The van der Waals surface area contributed by atoms with Crippen molar-refractivity contribution in [2.75, 3.05) is 13.2 Å². The molecule has 118 valence electrons. The summed E-state index contributed by atoms with van der Waals surface area (Å²) in [5.74, 6) is -0.729. The summed E-state index contributed by atoms with van der Waals surface area (Å²) in [6, 6.07) is 4.06. The third-order valence-electron chi connectivity index (χ3n) is 3.62. The second-order valence-electron chi connectivity index (χ2n) is 7.43. The molecule has 0 aliphatic carbocycles. The lowest BCUT2D eigenvalue weighted by atomic mass is 9.97. The van der Waals surface area contributed by atoms with Crippen LogP contribution in [-0.2, 0) is 25.3 Å². The molecular weight excluding hydrogens is 282 g/mol. The number of ether oxygens (including phenoxy) is 2. The van der Waals surface area contributed by atoms with E-state index in [1.165, 1.54) is 0 Å². The van der Waals surface area contributed by atoms with Crippen molar-refractivity contribution in [3.8, 4) is 0 Å². The van der Waals surface area contributed by atoms with Crippen LogP contribution in [-0.4, -0.2) is 28.0 Å². The summed E-state index contributed by atoms with van der Waals surface area (Å²) in [6.45, 7) is 14.1. The standard InChI is InChI=1S/C16H27NO3Si/c1-14(2,3)21-20-15(4,5)12-7-8-17-13(11-12)16(6)18-9-10-19-16/h7-8,11H,9-10,21H2,1-6H3. The second kappa shape index (κ2) is 5.80. The first kappa shape index (κ1) is 16.6. The molecule has 1 aromatic heterocycles. The highest BCUT2D eigenvalue weighted by Crippen LogP contribution is 2.33. The fourth-order valence-electron chi connectivity index (χ4n) is 2.20. The lowest BCUT2D eigenvalue weighted by molar-refractivity contribution is -0.152. The summed E-state index contributed by atoms with van der Waals surface area (Å²) in [5.41, 5.74) is 1.61. The first-order valence-electron chi connectivity index (χ1n) is 7.51. The van der Waals surface area contributed by atoms with E-state index in [1.54, 1.807) is 0 Å². The highest BCUT2D eigenvalue weighted by molar-refractivity contribution is 6.31. The molecule has 0 aromatic carbocycles. The Bertz CT molecular complexity index is 491. The molecule has 2 rings (SSSR count). The van der Waals surface area contributed by atoms with E-state index in [-0.39, 0.29) is 10.6 Å². The van der Waals surface area contributed by atoms with Crippen LogP contribution in [0.3, 0.4) is 0 Å². The second-order valence-corrected chi connectivity index (χ2v) is 10.1. The van der Waals surface area contributed by atoms with Crippen molar-refractivity contribution in [1.29, 1.82) is 0 Å². The van der Waals surface area contributed by atoms with Crippen LogP contribution in [0, 0.1) is 0 Å². The first-order chi connectivity index (χ1) is 9.62. The third kappa shape index (κ3) is 4.13. The van der Waals surface area contributed by atoms with Gasteiger partial charge in [-0.1, -0.05) is 20.8 Å². The summed E-state index contributed by atoms with van der Waals surface area (Å²) in [4.78, 5) is 4.42. The maximum absolute atomic E-state index is 6.26. The quantitative estimate of drug-likeness (QED) is 0.802. The third-order valence-corrected chi connectivity index (χ3v) is 5.36. The van der Waals surface area contributed by atoms with Crippen LogP contribution in [0.4, 0.5) is 0 Å². The van der Waals surface area contributed by atoms with Crippen LogP contribution >= 0.6 is 0 Å². The van der Waals surface area contributed by atoms with Crippen LogP contribution in [0.15, 0.2) is 18.3 Å². The predicted molar refractivity (Wildman–Crippen MR) is 85.9 cm³/mol. The summed E-state index contributed by atoms with van der Waals surface area (Å²) >= 11 is 0. The maximum Gasteiger partial charge on any atom is 0.209 e. The van der Waals surface area contributed by atoms with E-state index in [4.69, 9.17) is 13.9 Å². The van der Waals surface area contributed by atoms with E-state index in [1.807, 2.05) is 25.3 Å². The normalized spacial score (nSPS) is 19.5. The Morgan fingerprint density at radius 2 is 1.81 bits per heavy atom. The van der Waals surface area contributed by atoms with Gasteiger partial charge in [-0.25, -0.2) is 0 Å². The van der Waals surface area contributed by atoms with Gasteiger partial charge in [0.25, 0.3) is 0 Å². The van der Waals surface area contributed by atoms with E-state index < -0.39 is 15.6 Å².